The smallest absolute Gasteiger partial charge is 0.0130 e. The van der Waals surface area contributed by atoms with E-state index in [0.717, 1.165) is 6.54 Å². The predicted molar refractivity (Wildman–Crippen MR) is 54.7 cm³/mol. The SMILES string of the molecule is CCCCC(C)(C)CCN(C)N. The molecule has 74 valence electrons. The number of nitrogens with two attached hydrogens (primary N) is 1. The first-order valence-electron chi connectivity index (χ1n) is 4.94. The van der Waals surface area contributed by atoms with E-state index in [1.165, 1.54) is 25.7 Å². The van der Waals surface area contributed by atoms with Gasteiger partial charge in [0.1, 0.15) is 0 Å². The average molecular weight is 172 g/mol. The normalized spacial score (nSPS) is 12.5. The fraction of sp³-hybridized carbons (Fsp3) is 1.00. The molecule has 0 unspecified atom stereocenters. The van der Waals surface area contributed by atoms with Crippen molar-refractivity contribution >= 4 is 0 Å². The fourth-order valence-electron chi connectivity index (χ4n) is 1.26. The molecule has 0 aliphatic heterocycles. The molecule has 0 spiro atoms. The van der Waals surface area contributed by atoms with Crippen molar-refractivity contribution in [2.75, 3.05) is 13.6 Å². The molecule has 0 rings (SSSR count). The molecule has 0 radical (unpaired) electrons. The zero-order valence-electron chi connectivity index (χ0n) is 9.06. The van der Waals surface area contributed by atoms with Gasteiger partial charge in [0.05, 0.1) is 0 Å². The third-order valence-corrected chi connectivity index (χ3v) is 2.35. The molecule has 0 saturated heterocycles. The summed E-state index contributed by atoms with van der Waals surface area (Å²) in [4.78, 5) is 0. The van der Waals surface area contributed by atoms with E-state index in [1.807, 2.05) is 7.05 Å². The van der Waals surface area contributed by atoms with Crippen molar-refractivity contribution in [2.24, 2.45) is 11.3 Å². The predicted octanol–water partition coefficient (Wildman–Crippen LogP) is 2.40. The highest BCUT2D eigenvalue weighted by Gasteiger charge is 2.16. The number of hydrazine groups is 1. The lowest BCUT2D eigenvalue weighted by atomic mass is 9.84. The summed E-state index contributed by atoms with van der Waals surface area (Å²) in [5.74, 6) is 5.56. The molecule has 0 fully saturated rings. The lowest BCUT2D eigenvalue weighted by Crippen LogP contribution is -2.30. The third kappa shape index (κ3) is 6.62. The Kier molecular flexibility index (Phi) is 5.51. The van der Waals surface area contributed by atoms with Crippen LogP contribution in [0.3, 0.4) is 0 Å². The van der Waals surface area contributed by atoms with E-state index in [0.29, 0.717) is 5.41 Å². The van der Waals surface area contributed by atoms with Gasteiger partial charge in [0, 0.05) is 13.6 Å². The van der Waals surface area contributed by atoms with Crippen molar-refractivity contribution in [1.29, 1.82) is 0 Å². The van der Waals surface area contributed by atoms with Gasteiger partial charge in [0.2, 0.25) is 0 Å². The second kappa shape index (κ2) is 5.55. The minimum atomic E-state index is 0.462. The van der Waals surface area contributed by atoms with Gasteiger partial charge in [-0.05, 0) is 18.3 Å². The van der Waals surface area contributed by atoms with Crippen LogP contribution in [0.4, 0.5) is 0 Å². The summed E-state index contributed by atoms with van der Waals surface area (Å²) >= 11 is 0. The van der Waals surface area contributed by atoms with Gasteiger partial charge in [-0.1, -0.05) is 33.6 Å². The number of rotatable bonds is 6. The van der Waals surface area contributed by atoms with Crippen molar-refractivity contribution in [3.63, 3.8) is 0 Å². The molecule has 0 atom stereocenters. The van der Waals surface area contributed by atoms with Gasteiger partial charge < -0.3 is 0 Å². The minimum Gasteiger partial charge on any atom is -0.269 e. The Hall–Kier alpha value is -0.0800. The maximum atomic E-state index is 5.56. The van der Waals surface area contributed by atoms with E-state index in [2.05, 4.69) is 20.8 Å². The van der Waals surface area contributed by atoms with Gasteiger partial charge in [-0.2, -0.15) is 0 Å². The summed E-state index contributed by atoms with van der Waals surface area (Å²) < 4.78 is 0. The second-order valence-electron chi connectivity index (χ2n) is 4.50. The first kappa shape index (κ1) is 11.9. The maximum Gasteiger partial charge on any atom is 0.0130 e. The highest BCUT2D eigenvalue weighted by molar-refractivity contribution is 4.69. The summed E-state index contributed by atoms with van der Waals surface area (Å²) in [6.07, 6.45) is 5.14. The Labute approximate surface area is 77.1 Å². The number of nitrogens with zero attached hydrogens (tertiary/aromatic N) is 1. The second-order valence-corrected chi connectivity index (χ2v) is 4.50. The number of unbranched alkanes of at least 4 members (excludes halogenated alkanes) is 1. The molecule has 0 aromatic heterocycles. The Bertz CT molecular complexity index is 108. The standard InChI is InChI=1S/C10H24N2/c1-5-6-7-10(2,3)8-9-12(4)11/h5-9,11H2,1-4H3. The monoisotopic (exact) mass is 172 g/mol. The zero-order valence-corrected chi connectivity index (χ0v) is 9.06. The van der Waals surface area contributed by atoms with Crippen molar-refractivity contribution in [3.05, 3.63) is 0 Å². The first-order valence-corrected chi connectivity index (χ1v) is 4.94. The largest absolute Gasteiger partial charge is 0.269 e. The lowest BCUT2D eigenvalue weighted by molar-refractivity contribution is 0.235. The van der Waals surface area contributed by atoms with E-state index in [9.17, 15) is 0 Å². The molecule has 0 bridgehead atoms. The molecule has 0 aliphatic carbocycles. The van der Waals surface area contributed by atoms with Gasteiger partial charge in [-0.15, -0.1) is 0 Å². The van der Waals surface area contributed by atoms with Gasteiger partial charge in [0.15, 0.2) is 0 Å². The van der Waals surface area contributed by atoms with E-state index >= 15 is 0 Å². The van der Waals surface area contributed by atoms with Crippen molar-refractivity contribution in [2.45, 2.75) is 46.5 Å². The van der Waals surface area contributed by atoms with Crippen LogP contribution < -0.4 is 5.84 Å². The highest BCUT2D eigenvalue weighted by Crippen LogP contribution is 2.26. The minimum absolute atomic E-state index is 0.462. The molecule has 0 aromatic rings. The molecular weight excluding hydrogens is 148 g/mol. The molecular formula is C10H24N2. The van der Waals surface area contributed by atoms with Crippen LogP contribution in [-0.2, 0) is 0 Å². The van der Waals surface area contributed by atoms with Crippen LogP contribution in [0, 0.1) is 5.41 Å². The fourth-order valence-corrected chi connectivity index (χ4v) is 1.26. The molecule has 0 amide bonds. The lowest BCUT2D eigenvalue weighted by Gasteiger charge is -2.25. The Balaban J connectivity index is 3.56. The molecule has 12 heavy (non-hydrogen) atoms. The Morgan fingerprint density at radius 3 is 2.25 bits per heavy atom. The first-order chi connectivity index (χ1) is 5.48. The van der Waals surface area contributed by atoms with Gasteiger partial charge in [0.25, 0.3) is 0 Å². The Morgan fingerprint density at radius 2 is 1.83 bits per heavy atom. The summed E-state index contributed by atoms with van der Waals surface area (Å²) in [7, 11) is 1.93. The quantitative estimate of drug-likeness (QED) is 0.492. The molecule has 2 heteroatoms. The molecule has 0 aromatic carbocycles. The van der Waals surface area contributed by atoms with Crippen molar-refractivity contribution < 1.29 is 0 Å². The van der Waals surface area contributed by atoms with Crippen LogP contribution >= 0.6 is 0 Å². The Morgan fingerprint density at radius 1 is 1.25 bits per heavy atom. The average Bonchev–Trinajstić information content (AvgIpc) is 1.98. The summed E-state index contributed by atoms with van der Waals surface area (Å²) in [6.45, 7) is 7.89. The van der Waals surface area contributed by atoms with Crippen LogP contribution in [0.25, 0.3) is 0 Å². The van der Waals surface area contributed by atoms with Crippen LogP contribution in [0.15, 0.2) is 0 Å². The summed E-state index contributed by atoms with van der Waals surface area (Å²) in [5.41, 5.74) is 0.462. The van der Waals surface area contributed by atoms with E-state index in [4.69, 9.17) is 5.84 Å². The van der Waals surface area contributed by atoms with Gasteiger partial charge in [-0.3, -0.25) is 10.9 Å². The van der Waals surface area contributed by atoms with Crippen molar-refractivity contribution in [1.82, 2.24) is 5.01 Å². The van der Waals surface area contributed by atoms with Crippen LogP contribution in [-0.4, -0.2) is 18.6 Å². The van der Waals surface area contributed by atoms with Crippen molar-refractivity contribution in [3.8, 4) is 0 Å². The summed E-state index contributed by atoms with van der Waals surface area (Å²) in [6, 6.07) is 0. The molecule has 0 saturated carbocycles. The highest BCUT2D eigenvalue weighted by atomic mass is 15.4. The molecule has 0 aliphatic rings. The van der Waals surface area contributed by atoms with Crippen LogP contribution in [0.5, 0.6) is 0 Å². The molecule has 0 heterocycles. The topological polar surface area (TPSA) is 29.3 Å². The molecule has 2 N–H and O–H groups in total. The number of hydrogen-bond acceptors (Lipinski definition) is 2. The van der Waals surface area contributed by atoms with Gasteiger partial charge in [-0.25, -0.2) is 0 Å². The zero-order chi connectivity index (χ0) is 9.61. The third-order valence-electron chi connectivity index (χ3n) is 2.35. The van der Waals surface area contributed by atoms with E-state index in [1.54, 1.807) is 5.01 Å². The van der Waals surface area contributed by atoms with E-state index in [-0.39, 0.29) is 0 Å². The van der Waals surface area contributed by atoms with E-state index < -0.39 is 0 Å². The van der Waals surface area contributed by atoms with Gasteiger partial charge >= 0.3 is 0 Å². The number of hydrogen-bond donors (Lipinski definition) is 1. The maximum absolute atomic E-state index is 5.56. The van der Waals surface area contributed by atoms with Crippen LogP contribution in [0.1, 0.15) is 46.5 Å². The molecule has 2 nitrogen and oxygen atoms in total. The van der Waals surface area contributed by atoms with Crippen LogP contribution in [0.2, 0.25) is 0 Å². The summed E-state index contributed by atoms with van der Waals surface area (Å²) in [5, 5.41) is 1.77.